The molecule has 0 spiro atoms. The van der Waals surface area contributed by atoms with Gasteiger partial charge in [-0.15, -0.1) is 0 Å². The molecule has 1 saturated heterocycles. The fourth-order valence-corrected chi connectivity index (χ4v) is 3.21. The standard InChI is InChI=1S/C20H24N6O5/c1-12-15(13(2)31-24-12)9-22-8-14(7-21)26-18(27)11-25(20(26)28)10-16-19(30-4)17(29-3)5-6-23-16/h5-8H,9-11,21H2,1-4H3. The number of hydrogen-bond acceptors (Lipinski definition) is 9. The van der Waals surface area contributed by atoms with E-state index in [2.05, 4.69) is 15.1 Å². The van der Waals surface area contributed by atoms with E-state index in [1.165, 1.54) is 31.5 Å². The summed E-state index contributed by atoms with van der Waals surface area (Å²) >= 11 is 0. The summed E-state index contributed by atoms with van der Waals surface area (Å²) in [7, 11) is 2.99. The molecule has 11 heteroatoms. The highest BCUT2D eigenvalue weighted by Crippen LogP contribution is 2.30. The Morgan fingerprint density at radius 1 is 1.32 bits per heavy atom. The van der Waals surface area contributed by atoms with Gasteiger partial charge in [0.2, 0.25) is 0 Å². The van der Waals surface area contributed by atoms with Crippen LogP contribution in [0.3, 0.4) is 0 Å². The molecule has 11 nitrogen and oxygen atoms in total. The Balaban J connectivity index is 1.75. The molecule has 0 aromatic carbocycles. The van der Waals surface area contributed by atoms with Gasteiger partial charge in [-0.2, -0.15) is 0 Å². The minimum atomic E-state index is -0.530. The van der Waals surface area contributed by atoms with Crippen LogP contribution in [-0.4, -0.2) is 58.9 Å². The van der Waals surface area contributed by atoms with Crippen molar-refractivity contribution in [2.45, 2.75) is 26.9 Å². The highest BCUT2D eigenvalue weighted by atomic mass is 16.5. The van der Waals surface area contributed by atoms with E-state index in [-0.39, 0.29) is 25.3 Å². The number of allylic oxidation sites excluding steroid dienone is 1. The average molecular weight is 428 g/mol. The highest BCUT2D eigenvalue weighted by Gasteiger charge is 2.38. The molecule has 3 heterocycles. The van der Waals surface area contributed by atoms with E-state index < -0.39 is 11.9 Å². The summed E-state index contributed by atoms with van der Waals surface area (Å²) in [4.78, 5) is 36.4. The first-order valence-corrected chi connectivity index (χ1v) is 9.42. The summed E-state index contributed by atoms with van der Waals surface area (Å²) in [5, 5.41) is 3.87. The lowest BCUT2D eigenvalue weighted by molar-refractivity contribution is -0.123. The molecule has 0 saturated carbocycles. The molecule has 2 aromatic heterocycles. The number of carbonyl (C=O) groups excluding carboxylic acids is 2. The van der Waals surface area contributed by atoms with Crippen molar-refractivity contribution in [2.75, 3.05) is 20.8 Å². The Kier molecular flexibility index (Phi) is 6.53. The number of pyridine rings is 1. The number of amides is 3. The molecule has 2 aromatic rings. The fraction of sp³-hybridized carbons (Fsp3) is 0.350. The van der Waals surface area contributed by atoms with Gasteiger partial charge in [-0.25, -0.2) is 9.69 Å². The van der Waals surface area contributed by atoms with E-state index in [9.17, 15) is 9.59 Å². The third-order valence-electron chi connectivity index (χ3n) is 4.83. The number of imide groups is 1. The second-order valence-corrected chi connectivity index (χ2v) is 6.72. The lowest BCUT2D eigenvalue weighted by atomic mass is 10.2. The van der Waals surface area contributed by atoms with Crippen LogP contribution < -0.4 is 15.2 Å². The minimum Gasteiger partial charge on any atom is -0.493 e. The van der Waals surface area contributed by atoms with Crippen LogP contribution in [0.2, 0.25) is 0 Å². The van der Waals surface area contributed by atoms with Crippen LogP contribution >= 0.6 is 0 Å². The van der Waals surface area contributed by atoms with Crippen molar-refractivity contribution >= 4 is 18.2 Å². The van der Waals surface area contributed by atoms with Crippen LogP contribution in [0, 0.1) is 13.8 Å². The molecular weight excluding hydrogens is 404 g/mol. The zero-order valence-corrected chi connectivity index (χ0v) is 17.8. The Morgan fingerprint density at radius 2 is 2.10 bits per heavy atom. The Hall–Kier alpha value is -3.89. The van der Waals surface area contributed by atoms with E-state index in [1.807, 2.05) is 6.92 Å². The van der Waals surface area contributed by atoms with Crippen molar-refractivity contribution in [3.05, 3.63) is 46.9 Å². The van der Waals surface area contributed by atoms with Crippen LogP contribution in [-0.2, 0) is 17.9 Å². The van der Waals surface area contributed by atoms with Crippen molar-refractivity contribution in [1.82, 2.24) is 19.9 Å². The summed E-state index contributed by atoms with van der Waals surface area (Å²) in [5.41, 5.74) is 7.89. The fourth-order valence-electron chi connectivity index (χ4n) is 3.21. The minimum absolute atomic E-state index is 0.0650. The maximum absolute atomic E-state index is 12.9. The van der Waals surface area contributed by atoms with Gasteiger partial charge in [0.15, 0.2) is 11.5 Å². The first-order valence-electron chi connectivity index (χ1n) is 9.42. The van der Waals surface area contributed by atoms with Crippen molar-refractivity contribution < 1.29 is 23.6 Å². The molecular formula is C20H24N6O5. The number of carbonyl (C=O) groups is 2. The summed E-state index contributed by atoms with van der Waals surface area (Å²) in [6.45, 7) is 3.82. The van der Waals surface area contributed by atoms with Gasteiger partial charge in [0.25, 0.3) is 5.91 Å². The number of aliphatic imine (C=N–C) groups is 1. The number of methoxy groups -OCH3 is 2. The summed E-state index contributed by atoms with van der Waals surface area (Å²) in [5.74, 6) is 1.12. The monoisotopic (exact) mass is 428 g/mol. The smallest absolute Gasteiger partial charge is 0.332 e. The van der Waals surface area contributed by atoms with Crippen LogP contribution in [0.25, 0.3) is 0 Å². The average Bonchev–Trinajstić information content (AvgIpc) is 3.23. The molecule has 164 valence electrons. The number of aryl methyl sites for hydroxylation is 2. The van der Waals surface area contributed by atoms with Gasteiger partial charge in [-0.05, 0) is 13.8 Å². The number of aromatic nitrogens is 2. The lowest BCUT2D eigenvalue weighted by Gasteiger charge is -2.18. The molecule has 1 fully saturated rings. The number of urea groups is 1. The summed E-state index contributed by atoms with van der Waals surface area (Å²) in [6, 6.07) is 1.12. The zero-order valence-electron chi connectivity index (χ0n) is 17.8. The molecule has 0 bridgehead atoms. The second kappa shape index (κ2) is 9.28. The lowest BCUT2D eigenvalue weighted by Crippen LogP contribution is -2.33. The number of rotatable bonds is 8. The predicted octanol–water partition coefficient (Wildman–Crippen LogP) is 1.54. The topological polar surface area (TPSA) is 136 Å². The first-order chi connectivity index (χ1) is 14.9. The highest BCUT2D eigenvalue weighted by molar-refractivity contribution is 6.07. The summed E-state index contributed by atoms with van der Waals surface area (Å²) < 4.78 is 15.7. The molecule has 1 aliphatic rings. The van der Waals surface area contributed by atoms with Crippen LogP contribution in [0.15, 0.2) is 33.7 Å². The van der Waals surface area contributed by atoms with E-state index in [4.69, 9.17) is 19.7 Å². The Labute approximate surface area is 179 Å². The summed E-state index contributed by atoms with van der Waals surface area (Å²) in [6.07, 6.45) is 4.10. The SMILES string of the molecule is COc1ccnc(CN2CC(=O)N(C(C=NCc3c(C)noc3C)=CN)C2=O)c1OC. The molecule has 0 radical (unpaired) electrons. The number of ether oxygens (including phenoxy) is 2. The Bertz CT molecular complexity index is 1030. The molecule has 1 aliphatic heterocycles. The normalized spacial score (nSPS) is 14.8. The number of nitrogens with two attached hydrogens (primary N) is 1. The largest absolute Gasteiger partial charge is 0.493 e. The van der Waals surface area contributed by atoms with Gasteiger partial charge >= 0.3 is 6.03 Å². The number of nitrogens with zero attached hydrogens (tertiary/aromatic N) is 5. The molecule has 2 N–H and O–H groups in total. The van der Waals surface area contributed by atoms with Crippen molar-refractivity contribution in [3.63, 3.8) is 0 Å². The third kappa shape index (κ3) is 4.34. The predicted molar refractivity (Wildman–Crippen MR) is 110 cm³/mol. The van der Waals surface area contributed by atoms with Crippen molar-refractivity contribution in [3.8, 4) is 11.5 Å². The first kappa shape index (κ1) is 21.8. The maximum Gasteiger partial charge on any atom is 0.332 e. The van der Waals surface area contributed by atoms with Crippen LogP contribution in [0.1, 0.15) is 22.7 Å². The third-order valence-corrected chi connectivity index (χ3v) is 4.83. The van der Waals surface area contributed by atoms with E-state index in [0.717, 1.165) is 16.2 Å². The quantitative estimate of drug-likeness (QED) is 0.494. The Morgan fingerprint density at radius 3 is 2.71 bits per heavy atom. The maximum atomic E-state index is 12.9. The van der Waals surface area contributed by atoms with Crippen molar-refractivity contribution in [2.24, 2.45) is 10.7 Å². The van der Waals surface area contributed by atoms with E-state index in [0.29, 0.717) is 23.0 Å². The second-order valence-electron chi connectivity index (χ2n) is 6.72. The molecule has 0 atom stereocenters. The number of hydrogen-bond donors (Lipinski definition) is 1. The molecule has 0 unspecified atom stereocenters. The van der Waals surface area contributed by atoms with Gasteiger partial charge in [-0.1, -0.05) is 5.16 Å². The molecule has 0 aliphatic carbocycles. The van der Waals surface area contributed by atoms with E-state index >= 15 is 0 Å². The van der Waals surface area contributed by atoms with Crippen LogP contribution in [0.5, 0.6) is 11.5 Å². The zero-order chi connectivity index (χ0) is 22.5. The van der Waals surface area contributed by atoms with Crippen LogP contribution in [0.4, 0.5) is 4.79 Å². The molecule has 3 rings (SSSR count). The molecule has 31 heavy (non-hydrogen) atoms. The van der Waals surface area contributed by atoms with Gasteiger partial charge in [0, 0.05) is 30.2 Å². The molecule has 3 amide bonds. The van der Waals surface area contributed by atoms with Gasteiger partial charge in [-0.3, -0.25) is 14.8 Å². The van der Waals surface area contributed by atoms with E-state index in [1.54, 1.807) is 19.2 Å². The van der Waals surface area contributed by atoms with Gasteiger partial charge in [0.1, 0.15) is 18.0 Å². The van der Waals surface area contributed by atoms with Gasteiger partial charge < -0.3 is 24.6 Å². The van der Waals surface area contributed by atoms with Crippen molar-refractivity contribution in [1.29, 1.82) is 0 Å². The van der Waals surface area contributed by atoms with Gasteiger partial charge in [0.05, 0.1) is 38.7 Å².